The Morgan fingerprint density at radius 2 is 2.20 bits per heavy atom. The minimum Gasteiger partial charge on any atom is -0.330 e. The quantitative estimate of drug-likeness (QED) is 0.831. The number of benzene rings is 1. The van der Waals surface area contributed by atoms with Crippen molar-refractivity contribution in [3.05, 3.63) is 33.8 Å². The molecule has 0 heterocycles. The summed E-state index contributed by atoms with van der Waals surface area (Å²) < 4.78 is 1.25. The van der Waals surface area contributed by atoms with Crippen LogP contribution < -0.4 is 5.73 Å². The number of hydrogen-bond acceptors (Lipinski definition) is 1. The van der Waals surface area contributed by atoms with E-state index in [2.05, 4.69) is 48.0 Å². The number of hydrogen-bond donors (Lipinski definition) is 1. The fraction of sp³-hybridized carbons (Fsp3) is 0.538. The summed E-state index contributed by atoms with van der Waals surface area (Å²) in [6, 6.07) is 6.52. The maximum absolute atomic E-state index is 5.86. The van der Waals surface area contributed by atoms with Crippen LogP contribution in [0.4, 0.5) is 0 Å². The summed E-state index contributed by atoms with van der Waals surface area (Å²) >= 11 is 3.64. The van der Waals surface area contributed by atoms with E-state index in [9.17, 15) is 0 Å². The van der Waals surface area contributed by atoms with Gasteiger partial charge in [0.1, 0.15) is 0 Å². The highest BCUT2D eigenvalue weighted by Crippen LogP contribution is 2.42. The molecule has 1 nitrogen and oxygen atoms in total. The summed E-state index contributed by atoms with van der Waals surface area (Å²) in [5.41, 5.74) is 9.03. The summed E-state index contributed by atoms with van der Waals surface area (Å²) in [4.78, 5) is 0. The van der Waals surface area contributed by atoms with E-state index in [0.717, 1.165) is 13.0 Å². The molecular weight excluding hydrogens is 250 g/mol. The van der Waals surface area contributed by atoms with Crippen LogP contribution in [0.5, 0.6) is 0 Å². The molecule has 0 fully saturated rings. The van der Waals surface area contributed by atoms with Crippen LogP contribution in [0.1, 0.15) is 31.4 Å². The van der Waals surface area contributed by atoms with Gasteiger partial charge in [-0.1, -0.05) is 41.9 Å². The summed E-state index contributed by atoms with van der Waals surface area (Å²) in [5.74, 6) is 0.610. The molecule has 0 aromatic heterocycles. The zero-order valence-corrected chi connectivity index (χ0v) is 11.0. The Hall–Kier alpha value is -0.340. The van der Waals surface area contributed by atoms with E-state index in [1.807, 2.05) is 0 Å². The van der Waals surface area contributed by atoms with Gasteiger partial charge in [0, 0.05) is 4.47 Å². The van der Waals surface area contributed by atoms with Gasteiger partial charge in [-0.3, -0.25) is 0 Å². The van der Waals surface area contributed by atoms with Crippen molar-refractivity contribution in [2.45, 2.75) is 32.1 Å². The van der Waals surface area contributed by atoms with Crippen molar-refractivity contribution >= 4 is 15.9 Å². The van der Waals surface area contributed by atoms with E-state index in [1.54, 1.807) is 0 Å². The van der Waals surface area contributed by atoms with Gasteiger partial charge in [0.25, 0.3) is 0 Å². The first kappa shape index (κ1) is 11.2. The zero-order chi connectivity index (χ0) is 11.1. The van der Waals surface area contributed by atoms with Crippen LogP contribution in [0.3, 0.4) is 0 Å². The first-order valence-electron chi connectivity index (χ1n) is 5.55. The van der Waals surface area contributed by atoms with Gasteiger partial charge in [-0.2, -0.15) is 0 Å². The summed E-state index contributed by atoms with van der Waals surface area (Å²) in [5, 5.41) is 0. The highest BCUT2D eigenvalue weighted by Gasteiger charge is 2.35. The van der Waals surface area contributed by atoms with Gasteiger partial charge in [0.2, 0.25) is 0 Å². The van der Waals surface area contributed by atoms with Crippen molar-refractivity contribution < 1.29 is 0 Å². The van der Waals surface area contributed by atoms with E-state index in [-0.39, 0.29) is 5.41 Å². The molecule has 2 heteroatoms. The Balaban J connectivity index is 2.52. The van der Waals surface area contributed by atoms with Crippen molar-refractivity contribution in [2.75, 3.05) is 6.54 Å². The normalized spacial score (nSPS) is 23.6. The van der Waals surface area contributed by atoms with E-state index in [0.29, 0.717) is 5.92 Å². The van der Waals surface area contributed by atoms with E-state index >= 15 is 0 Å². The Bertz CT molecular complexity index is 371. The SMILES string of the molecule is CC1(C)c2cccc(Br)c2CCC1CN. The van der Waals surface area contributed by atoms with Crippen molar-refractivity contribution in [3.8, 4) is 0 Å². The molecule has 1 aromatic rings. The molecule has 2 N–H and O–H groups in total. The molecular formula is C13H18BrN. The van der Waals surface area contributed by atoms with Crippen LogP contribution >= 0.6 is 15.9 Å². The van der Waals surface area contributed by atoms with Crippen molar-refractivity contribution in [2.24, 2.45) is 11.7 Å². The fourth-order valence-corrected chi connectivity index (χ4v) is 3.29. The van der Waals surface area contributed by atoms with Gasteiger partial charge in [0.15, 0.2) is 0 Å². The first-order valence-corrected chi connectivity index (χ1v) is 6.34. The lowest BCUT2D eigenvalue weighted by atomic mass is 9.65. The highest BCUT2D eigenvalue weighted by atomic mass is 79.9. The number of fused-ring (bicyclic) bond motifs is 1. The molecule has 1 aromatic carbocycles. The van der Waals surface area contributed by atoms with Gasteiger partial charge < -0.3 is 5.73 Å². The molecule has 1 aliphatic rings. The average Bonchev–Trinajstić information content (AvgIpc) is 2.19. The second-order valence-electron chi connectivity index (χ2n) is 4.96. The third kappa shape index (κ3) is 1.74. The molecule has 1 aliphatic carbocycles. The smallest absolute Gasteiger partial charge is 0.0210 e. The maximum Gasteiger partial charge on any atom is 0.0210 e. The highest BCUT2D eigenvalue weighted by molar-refractivity contribution is 9.10. The standard InChI is InChI=1S/C13H18BrN/c1-13(2)9(8-15)6-7-10-11(13)4-3-5-12(10)14/h3-5,9H,6-8,15H2,1-2H3. The topological polar surface area (TPSA) is 26.0 Å². The van der Waals surface area contributed by atoms with Crippen molar-refractivity contribution in [1.29, 1.82) is 0 Å². The Kier molecular flexibility index (Phi) is 2.91. The van der Waals surface area contributed by atoms with Gasteiger partial charge in [0.05, 0.1) is 0 Å². The molecule has 0 saturated heterocycles. The van der Waals surface area contributed by atoms with Gasteiger partial charge in [-0.25, -0.2) is 0 Å². The molecule has 0 bridgehead atoms. The third-order valence-corrected chi connectivity index (χ3v) is 4.60. The van der Waals surface area contributed by atoms with E-state index in [4.69, 9.17) is 5.73 Å². The number of rotatable bonds is 1. The second kappa shape index (κ2) is 3.91. The largest absolute Gasteiger partial charge is 0.330 e. The van der Waals surface area contributed by atoms with Crippen LogP contribution in [0.15, 0.2) is 22.7 Å². The molecule has 0 aliphatic heterocycles. The van der Waals surface area contributed by atoms with E-state index in [1.165, 1.54) is 22.0 Å². The predicted molar refractivity (Wildman–Crippen MR) is 68.0 cm³/mol. The molecule has 0 radical (unpaired) electrons. The molecule has 2 rings (SSSR count). The third-order valence-electron chi connectivity index (χ3n) is 3.86. The Labute approximate surface area is 100 Å². The second-order valence-corrected chi connectivity index (χ2v) is 5.81. The van der Waals surface area contributed by atoms with Crippen LogP contribution in [0.2, 0.25) is 0 Å². The first-order chi connectivity index (χ1) is 7.07. The van der Waals surface area contributed by atoms with Gasteiger partial charge >= 0.3 is 0 Å². The minimum atomic E-state index is 0.214. The van der Waals surface area contributed by atoms with Crippen LogP contribution in [-0.4, -0.2) is 6.54 Å². The van der Waals surface area contributed by atoms with Crippen LogP contribution in [0, 0.1) is 5.92 Å². The van der Waals surface area contributed by atoms with Crippen molar-refractivity contribution in [1.82, 2.24) is 0 Å². The molecule has 0 saturated carbocycles. The molecule has 0 amide bonds. The van der Waals surface area contributed by atoms with Gasteiger partial charge in [-0.05, 0) is 47.9 Å². The zero-order valence-electron chi connectivity index (χ0n) is 9.39. The number of halogens is 1. The van der Waals surface area contributed by atoms with Crippen LogP contribution in [-0.2, 0) is 11.8 Å². The lowest BCUT2D eigenvalue weighted by molar-refractivity contribution is 0.285. The summed E-state index contributed by atoms with van der Waals surface area (Å²) in [7, 11) is 0. The molecule has 1 atom stereocenters. The van der Waals surface area contributed by atoms with Gasteiger partial charge in [-0.15, -0.1) is 0 Å². The van der Waals surface area contributed by atoms with Crippen LogP contribution in [0.25, 0.3) is 0 Å². The van der Waals surface area contributed by atoms with Crippen molar-refractivity contribution in [3.63, 3.8) is 0 Å². The molecule has 1 unspecified atom stereocenters. The Morgan fingerprint density at radius 3 is 2.87 bits per heavy atom. The fourth-order valence-electron chi connectivity index (χ4n) is 2.73. The molecule has 82 valence electrons. The minimum absolute atomic E-state index is 0.214. The molecule has 0 spiro atoms. The molecule has 15 heavy (non-hydrogen) atoms. The Morgan fingerprint density at radius 1 is 1.47 bits per heavy atom. The maximum atomic E-state index is 5.86. The summed E-state index contributed by atoms with van der Waals surface area (Å²) in [6.45, 7) is 5.42. The van der Waals surface area contributed by atoms with E-state index < -0.39 is 0 Å². The predicted octanol–water partition coefficient (Wildman–Crippen LogP) is 3.25. The lowest BCUT2D eigenvalue weighted by Crippen LogP contribution is -2.38. The average molecular weight is 268 g/mol. The lowest BCUT2D eigenvalue weighted by Gasteiger charge is -2.40. The number of nitrogens with two attached hydrogens (primary N) is 1. The monoisotopic (exact) mass is 267 g/mol. The summed E-state index contributed by atoms with van der Waals surface area (Å²) in [6.07, 6.45) is 2.36.